The van der Waals surface area contributed by atoms with Crippen LogP contribution in [0.15, 0.2) is 28.7 Å². The number of aromatic nitrogens is 2. The second-order valence-electron chi connectivity index (χ2n) is 5.82. The Morgan fingerprint density at radius 1 is 1.28 bits per heavy atom. The highest BCUT2D eigenvalue weighted by molar-refractivity contribution is 5.77. The first-order chi connectivity index (χ1) is 12.1. The van der Waals surface area contributed by atoms with E-state index in [9.17, 15) is 14.9 Å². The van der Waals surface area contributed by atoms with Crippen LogP contribution in [-0.2, 0) is 11.3 Å². The Morgan fingerprint density at radius 3 is 2.76 bits per heavy atom. The number of nitro groups is 1. The minimum Gasteiger partial charge on any atom is -0.419 e. The normalized spacial score (nSPS) is 14.2. The van der Waals surface area contributed by atoms with Gasteiger partial charge in [0.2, 0.25) is 17.7 Å². The number of hydrogen-bond donors (Lipinski definition) is 1. The lowest BCUT2D eigenvalue weighted by molar-refractivity contribution is -0.384. The lowest BCUT2D eigenvalue weighted by atomic mass is 10.2. The largest absolute Gasteiger partial charge is 0.419 e. The molecule has 0 spiro atoms. The number of nitro benzene ring substituents is 1. The van der Waals surface area contributed by atoms with Gasteiger partial charge >= 0.3 is 0 Å². The number of carbonyl (C=O) groups is 1. The van der Waals surface area contributed by atoms with Crippen LogP contribution in [0.2, 0.25) is 0 Å². The van der Waals surface area contributed by atoms with Gasteiger partial charge in [0.25, 0.3) is 5.69 Å². The lowest BCUT2D eigenvalue weighted by Gasteiger charge is -2.14. The van der Waals surface area contributed by atoms with Crippen LogP contribution in [0.5, 0.6) is 0 Å². The number of carbonyl (C=O) groups excluding carboxylic acids is 1. The third-order valence-electron chi connectivity index (χ3n) is 4.02. The Hall–Kier alpha value is -2.81. The number of rotatable bonds is 8. The molecule has 0 radical (unpaired) electrons. The fraction of sp³-hybridized carbons (Fsp3) is 0.438. The second kappa shape index (κ2) is 7.84. The van der Waals surface area contributed by atoms with Crippen molar-refractivity contribution in [3.63, 3.8) is 0 Å². The molecule has 0 bridgehead atoms. The van der Waals surface area contributed by atoms with E-state index in [-0.39, 0.29) is 11.6 Å². The average Bonchev–Trinajstić information content (AvgIpc) is 3.24. The summed E-state index contributed by atoms with van der Waals surface area (Å²) in [6.45, 7) is 2.82. The number of amides is 1. The van der Waals surface area contributed by atoms with E-state index in [1.807, 2.05) is 4.90 Å². The SMILES string of the molecule is O=C1CCCN1CCCNCc1nnc(-c2ccc([N+](=O)[O-])cc2)o1. The van der Waals surface area contributed by atoms with Gasteiger partial charge in [-0.15, -0.1) is 10.2 Å². The van der Waals surface area contributed by atoms with Crippen molar-refractivity contribution >= 4 is 11.6 Å². The fourth-order valence-corrected chi connectivity index (χ4v) is 2.70. The van der Waals surface area contributed by atoms with E-state index in [1.54, 1.807) is 12.1 Å². The van der Waals surface area contributed by atoms with E-state index in [0.29, 0.717) is 30.3 Å². The predicted octanol–water partition coefficient (Wildman–Crippen LogP) is 1.75. The Morgan fingerprint density at radius 2 is 2.08 bits per heavy atom. The Kier molecular flexibility index (Phi) is 5.34. The van der Waals surface area contributed by atoms with E-state index in [2.05, 4.69) is 15.5 Å². The van der Waals surface area contributed by atoms with Crippen LogP contribution in [0.1, 0.15) is 25.2 Å². The third kappa shape index (κ3) is 4.38. The summed E-state index contributed by atoms with van der Waals surface area (Å²) in [6.07, 6.45) is 2.50. The first kappa shape index (κ1) is 17.0. The van der Waals surface area contributed by atoms with Gasteiger partial charge in [-0.05, 0) is 31.5 Å². The molecule has 25 heavy (non-hydrogen) atoms. The zero-order valence-corrected chi connectivity index (χ0v) is 13.7. The molecule has 1 N–H and O–H groups in total. The van der Waals surface area contributed by atoms with Gasteiger partial charge < -0.3 is 14.6 Å². The molecule has 1 aromatic heterocycles. The molecule has 1 saturated heterocycles. The van der Waals surface area contributed by atoms with Crippen molar-refractivity contribution in [1.29, 1.82) is 0 Å². The Balaban J connectivity index is 1.43. The minimum absolute atomic E-state index is 0.0154. The molecule has 1 aliphatic heterocycles. The predicted molar refractivity (Wildman–Crippen MR) is 88.5 cm³/mol. The standard InChI is InChI=1S/C16H19N5O4/c22-15-3-1-9-20(15)10-2-8-17-11-14-18-19-16(25-14)12-4-6-13(7-5-12)21(23)24/h4-7,17H,1-3,8-11H2. The van der Waals surface area contributed by atoms with Crippen LogP contribution in [0.3, 0.4) is 0 Å². The summed E-state index contributed by atoms with van der Waals surface area (Å²) < 4.78 is 5.55. The topological polar surface area (TPSA) is 114 Å². The lowest BCUT2D eigenvalue weighted by Crippen LogP contribution is -2.28. The zero-order valence-electron chi connectivity index (χ0n) is 13.7. The van der Waals surface area contributed by atoms with Gasteiger partial charge in [-0.25, -0.2) is 0 Å². The van der Waals surface area contributed by atoms with Gasteiger partial charge in [0.1, 0.15) is 0 Å². The molecule has 1 aliphatic rings. The molecule has 132 valence electrons. The summed E-state index contributed by atoms with van der Waals surface area (Å²) >= 11 is 0. The maximum atomic E-state index is 11.5. The maximum absolute atomic E-state index is 11.5. The van der Waals surface area contributed by atoms with Crippen LogP contribution in [0.25, 0.3) is 11.5 Å². The second-order valence-corrected chi connectivity index (χ2v) is 5.82. The van der Waals surface area contributed by atoms with Crippen LogP contribution in [0.4, 0.5) is 5.69 Å². The first-order valence-electron chi connectivity index (χ1n) is 8.19. The van der Waals surface area contributed by atoms with Gasteiger partial charge in [-0.3, -0.25) is 14.9 Å². The molecule has 3 rings (SSSR count). The summed E-state index contributed by atoms with van der Waals surface area (Å²) in [4.78, 5) is 23.6. The van der Waals surface area contributed by atoms with Crippen molar-refractivity contribution in [2.75, 3.05) is 19.6 Å². The highest BCUT2D eigenvalue weighted by Gasteiger charge is 2.18. The summed E-state index contributed by atoms with van der Waals surface area (Å²) in [5.74, 6) is 1.02. The molecule has 1 fully saturated rings. The molecule has 2 aromatic rings. The van der Waals surface area contributed by atoms with E-state index in [4.69, 9.17) is 4.42 Å². The molecule has 2 heterocycles. The average molecular weight is 345 g/mol. The molecule has 1 amide bonds. The van der Waals surface area contributed by atoms with Gasteiger partial charge in [-0.1, -0.05) is 0 Å². The van der Waals surface area contributed by atoms with Crippen molar-refractivity contribution in [2.45, 2.75) is 25.8 Å². The highest BCUT2D eigenvalue weighted by atomic mass is 16.6. The number of likely N-dealkylation sites (tertiary alicyclic amines) is 1. The summed E-state index contributed by atoms with van der Waals surface area (Å²) in [5, 5.41) is 21.8. The summed E-state index contributed by atoms with van der Waals surface area (Å²) in [5.41, 5.74) is 0.651. The molecule has 1 aromatic carbocycles. The smallest absolute Gasteiger partial charge is 0.269 e. The number of hydrogen-bond acceptors (Lipinski definition) is 7. The summed E-state index contributed by atoms with van der Waals surface area (Å²) in [7, 11) is 0. The molecule has 9 heteroatoms. The van der Waals surface area contributed by atoms with Gasteiger partial charge in [-0.2, -0.15) is 0 Å². The molecule has 9 nitrogen and oxygen atoms in total. The molecule has 0 aliphatic carbocycles. The molecule has 0 unspecified atom stereocenters. The van der Waals surface area contributed by atoms with E-state index in [0.717, 1.165) is 32.5 Å². The van der Waals surface area contributed by atoms with Crippen molar-refractivity contribution in [1.82, 2.24) is 20.4 Å². The third-order valence-corrected chi connectivity index (χ3v) is 4.02. The van der Waals surface area contributed by atoms with Crippen molar-refractivity contribution in [2.24, 2.45) is 0 Å². The number of nitrogens with one attached hydrogen (secondary N) is 1. The Labute approximate surface area is 144 Å². The van der Waals surface area contributed by atoms with E-state index >= 15 is 0 Å². The maximum Gasteiger partial charge on any atom is 0.269 e. The van der Waals surface area contributed by atoms with Gasteiger partial charge in [0.05, 0.1) is 11.5 Å². The van der Waals surface area contributed by atoms with Crippen molar-refractivity contribution < 1.29 is 14.1 Å². The van der Waals surface area contributed by atoms with Crippen LogP contribution in [-0.4, -0.2) is 45.6 Å². The van der Waals surface area contributed by atoms with Crippen LogP contribution in [0, 0.1) is 10.1 Å². The zero-order chi connectivity index (χ0) is 17.6. The number of non-ortho nitro benzene ring substituents is 1. The number of nitrogens with zero attached hydrogens (tertiary/aromatic N) is 4. The monoisotopic (exact) mass is 345 g/mol. The van der Waals surface area contributed by atoms with Crippen molar-refractivity contribution in [3.8, 4) is 11.5 Å². The Bertz CT molecular complexity index is 743. The van der Waals surface area contributed by atoms with Crippen molar-refractivity contribution in [3.05, 3.63) is 40.3 Å². The van der Waals surface area contributed by atoms with Crippen LogP contribution < -0.4 is 5.32 Å². The van der Waals surface area contributed by atoms with Gasteiger partial charge in [0.15, 0.2) is 0 Å². The molecular formula is C16H19N5O4. The minimum atomic E-state index is -0.456. The molecule has 0 saturated carbocycles. The van der Waals surface area contributed by atoms with Crippen LogP contribution >= 0.6 is 0 Å². The molecular weight excluding hydrogens is 326 g/mol. The number of benzene rings is 1. The van der Waals surface area contributed by atoms with E-state index in [1.165, 1.54) is 12.1 Å². The molecule has 0 atom stereocenters. The highest BCUT2D eigenvalue weighted by Crippen LogP contribution is 2.21. The quantitative estimate of drug-likeness (QED) is 0.440. The summed E-state index contributed by atoms with van der Waals surface area (Å²) in [6, 6.07) is 5.96. The fourth-order valence-electron chi connectivity index (χ4n) is 2.70. The van der Waals surface area contributed by atoms with E-state index < -0.39 is 4.92 Å². The first-order valence-corrected chi connectivity index (χ1v) is 8.19. The van der Waals surface area contributed by atoms with Gasteiger partial charge in [0, 0.05) is 37.2 Å².